The van der Waals surface area contributed by atoms with Gasteiger partial charge in [-0.2, -0.15) is 0 Å². The summed E-state index contributed by atoms with van der Waals surface area (Å²) in [6, 6.07) is 2.85. The lowest BCUT2D eigenvalue weighted by Crippen LogP contribution is -2.33. The number of nitrogens with one attached hydrogen (secondary N) is 1. The van der Waals surface area contributed by atoms with Crippen molar-refractivity contribution in [3.63, 3.8) is 0 Å². The molecule has 6 heteroatoms. The van der Waals surface area contributed by atoms with E-state index in [9.17, 15) is 13.6 Å². The number of carbonyl (C=O) groups excluding carboxylic acids is 1. The Hall–Kier alpha value is -1.69. The van der Waals surface area contributed by atoms with Gasteiger partial charge in [-0.05, 0) is 18.1 Å². The largest absolute Gasteiger partial charge is 0.481 e. The minimum Gasteiger partial charge on any atom is -0.481 e. The van der Waals surface area contributed by atoms with Gasteiger partial charge in [-0.15, -0.1) is 0 Å². The van der Waals surface area contributed by atoms with Crippen molar-refractivity contribution in [2.24, 2.45) is 5.92 Å². The molecule has 0 bridgehead atoms. The molecule has 100 valence electrons. The van der Waals surface area contributed by atoms with E-state index in [4.69, 9.17) is 9.84 Å². The SMILES string of the molecule is CC(CO)CNC(=O)COc1ccc(F)cc1F. The van der Waals surface area contributed by atoms with Crippen LogP contribution in [0.15, 0.2) is 18.2 Å². The number of halogens is 2. The zero-order chi connectivity index (χ0) is 13.5. The summed E-state index contributed by atoms with van der Waals surface area (Å²) in [5, 5.41) is 11.3. The zero-order valence-electron chi connectivity index (χ0n) is 9.95. The molecule has 0 saturated heterocycles. The highest BCUT2D eigenvalue weighted by Crippen LogP contribution is 2.17. The van der Waals surface area contributed by atoms with Gasteiger partial charge >= 0.3 is 0 Å². The number of aliphatic hydroxyl groups excluding tert-OH is 1. The summed E-state index contributed by atoms with van der Waals surface area (Å²) in [7, 11) is 0. The molecule has 0 radical (unpaired) electrons. The maximum Gasteiger partial charge on any atom is 0.257 e. The second-order valence-electron chi connectivity index (χ2n) is 3.96. The smallest absolute Gasteiger partial charge is 0.257 e. The second kappa shape index (κ2) is 6.90. The van der Waals surface area contributed by atoms with Gasteiger partial charge in [-0.1, -0.05) is 6.92 Å². The first-order valence-corrected chi connectivity index (χ1v) is 5.48. The Labute approximate surface area is 104 Å². The molecule has 1 rings (SSSR count). The van der Waals surface area contributed by atoms with Crippen LogP contribution in [0, 0.1) is 17.6 Å². The van der Waals surface area contributed by atoms with Gasteiger partial charge in [0.1, 0.15) is 5.82 Å². The molecule has 1 aromatic rings. The van der Waals surface area contributed by atoms with Crippen LogP contribution in [0.1, 0.15) is 6.92 Å². The van der Waals surface area contributed by atoms with E-state index in [0.717, 1.165) is 12.1 Å². The lowest BCUT2D eigenvalue weighted by atomic mass is 10.2. The van der Waals surface area contributed by atoms with Crippen molar-refractivity contribution in [2.75, 3.05) is 19.8 Å². The molecule has 4 nitrogen and oxygen atoms in total. The second-order valence-corrected chi connectivity index (χ2v) is 3.96. The average molecular weight is 259 g/mol. The average Bonchev–Trinajstić information content (AvgIpc) is 2.34. The number of hydrogen-bond donors (Lipinski definition) is 2. The maximum atomic E-state index is 13.1. The van der Waals surface area contributed by atoms with E-state index in [1.165, 1.54) is 0 Å². The Morgan fingerprint density at radius 3 is 2.83 bits per heavy atom. The van der Waals surface area contributed by atoms with Crippen LogP contribution in [-0.4, -0.2) is 30.8 Å². The molecule has 0 spiro atoms. The standard InChI is InChI=1S/C12H15F2NO3/c1-8(6-16)5-15-12(17)7-18-11-3-2-9(13)4-10(11)14/h2-4,8,16H,5-7H2,1H3,(H,15,17). The normalized spacial score (nSPS) is 12.0. The van der Waals surface area contributed by atoms with Crippen LogP contribution < -0.4 is 10.1 Å². The van der Waals surface area contributed by atoms with Gasteiger partial charge in [0.05, 0.1) is 0 Å². The summed E-state index contributed by atoms with van der Waals surface area (Å²) in [5.74, 6) is -2.23. The summed E-state index contributed by atoms with van der Waals surface area (Å²) < 4.78 is 30.6. The Balaban J connectivity index is 2.38. The van der Waals surface area contributed by atoms with Gasteiger partial charge in [0.25, 0.3) is 5.91 Å². The number of rotatable bonds is 6. The van der Waals surface area contributed by atoms with Crippen molar-refractivity contribution in [3.05, 3.63) is 29.8 Å². The van der Waals surface area contributed by atoms with E-state index in [-0.39, 0.29) is 24.9 Å². The van der Waals surface area contributed by atoms with Crippen LogP contribution in [0.2, 0.25) is 0 Å². The number of amides is 1. The minimum absolute atomic E-state index is 0.0340. The third-order valence-corrected chi connectivity index (χ3v) is 2.21. The van der Waals surface area contributed by atoms with Gasteiger partial charge in [0.15, 0.2) is 18.2 Å². The molecule has 1 aromatic carbocycles. The van der Waals surface area contributed by atoms with E-state index >= 15 is 0 Å². The first-order valence-electron chi connectivity index (χ1n) is 5.48. The highest BCUT2D eigenvalue weighted by atomic mass is 19.1. The van der Waals surface area contributed by atoms with Crippen LogP contribution in [0.25, 0.3) is 0 Å². The topological polar surface area (TPSA) is 58.6 Å². The van der Waals surface area contributed by atoms with Crippen LogP contribution in [-0.2, 0) is 4.79 Å². The molecule has 0 heterocycles. The Morgan fingerprint density at radius 1 is 1.50 bits per heavy atom. The lowest BCUT2D eigenvalue weighted by Gasteiger charge is -2.10. The molecule has 18 heavy (non-hydrogen) atoms. The maximum absolute atomic E-state index is 13.1. The van der Waals surface area contributed by atoms with Crippen LogP contribution in [0.3, 0.4) is 0 Å². The van der Waals surface area contributed by atoms with Gasteiger partial charge in [-0.3, -0.25) is 4.79 Å². The minimum atomic E-state index is -0.855. The molecule has 0 aliphatic carbocycles. The predicted molar refractivity (Wildman–Crippen MR) is 61.1 cm³/mol. The molecule has 0 aliphatic heterocycles. The summed E-state index contributed by atoms with van der Waals surface area (Å²) in [4.78, 5) is 11.3. The van der Waals surface area contributed by atoms with Crippen molar-refractivity contribution in [1.29, 1.82) is 0 Å². The first kappa shape index (κ1) is 14.4. The number of benzene rings is 1. The highest BCUT2D eigenvalue weighted by molar-refractivity contribution is 5.77. The van der Waals surface area contributed by atoms with Crippen molar-refractivity contribution >= 4 is 5.91 Å². The summed E-state index contributed by atoms with van der Waals surface area (Å²) in [6.07, 6.45) is 0. The number of ether oxygens (including phenoxy) is 1. The Morgan fingerprint density at radius 2 is 2.22 bits per heavy atom. The lowest BCUT2D eigenvalue weighted by molar-refractivity contribution is -0.123. The molecular formula is C12H15F2NO3. The predicted octanol–water partition coefficient (Wildman–Crippen LogP) is 1.09. The summed E-state index contributed by atoms with van der Waals surface area (Å²) >= 11 is 0. The van der Waals surface area contributed by atoms with Crippen LogP contribution in [0.4, 0.5) is 8.78 Å². The first-order chi connectivity index (χ1) is 8.52. The van der Waals surface area contributed by atoms with Crippen molar-refractivity contribution in [3.8, 4) is 5.75 Å². The fourth-order valence-corrected chi connectivity index (χ4v) is 1.14. The van der Waals surface area contributed by atoms with Crippen LogP contribution in [0.5, 0.6) is 5.75 Å². The van der Waals surface area contributed by atoms with Gasteiger partial charge in [-0.25, -0.2) is 8.78 Å². The monoisotopic (exact) mass is 259 g/mol. The molecule has 0 saturated carbocycles. The number of carbonyl (C=O) groups is 1. The Bertz CT molecular complexity index is 412. The van der Waals surface area contributed by atoms with E-state index < -0.39 is 17.5 Å². The van der Waals surface area contributed by atoms with Crippen LogP contribution >= 0.6 is 0 Å². The molecule has 1 atom stereocenters. The molecular weight excluding hydrogens is 244 g/mol. The zero-order valence-corrected chi connectivity index (χ0v) is 9.95. The summed E-state index contributed by atoms with van der Waals surface area (Å²) in [5.41, 5.74) is 0. The van der Waals surface area contributed by atoms with Gasteiger partial charge in [0.2, 0.25) is 0 Å². The summed E-state index contributed by atoms with van der Waals surface area (Å²) in [6.45, 7) is 1.68. The van der Waals surface area contributed by atoms with E-state index in [2.05, 4.69) is 5.32 Å². The molecule has 0 aromatic heterocycles. The molecule has 2 N–H and O–H groups in total. The number of hydrogen-bond acceptors (Lipinski definition) is 3. The van der Waals surface area contributed by atoms with Crippen molar-refractivity contribution < 1.29 is 23.4 Å². The van der Waals surface area contributed by atoms with E-state index in [0.29, 0.717) is 12.6 Å². The molecule has 0 fully saturated rings. The van der Waals surface area contributed by atoms with Gasteiger partial charge < -0.3 is 15.2 Å². The number of aliphatic hydroxyl groups is 1. The van der Waals surface area contributed by atoms with E-state index in [1.807, 2.05) is 0 Å². The Kier molecular flexibility index (Phi) is 5.51. The molecule has 1 amide bonds. The fraction of sp³-hybridized carbons (Fsp3) is 0.417. The van der Waals surface area contributed by atoms with Gasteiger partial charge in [0, 0.05) is 19.2 Å². The van der Waals surface area contributed by atoms with Crippen molar-refractivity contribution in [2.45, 2.75) is 6.92 Å². The quantitative estimate of drug-likeness (QED) is 0.804. The fourth-order valence-electron chi connectivity index (χ4n) is 1.14. The molecule has 0 aliphatic rings. The third-order valence-electron chi connectivity index (χ3n) is 2.21. The third kappa shape index (κ3) is 4.67. The van der Waals surface area contributed by atoms with Crippen molar-refractivity contribution in [1.82, 2.24) is 5.32 Å². The molecule has 1 unspecified atom stereocenters. The van der Waals surface area contributed by atoms with E-state index in [1.54, 1.807) is 6.92 Å². The highest BCUT2D eigenvalue weighted by Gasteiger charge is 2.08.